The molecular weight excluding hydrogens is 271 g/mol. The van der Waals surface area contributed by atoms with Crippen LogP contribution in [0.25, 0.3) is 11.1 Å². The Bertz CT molecular complexity index is 689. The SMILES string of the molecule is Cc1ccc(-c2cccc(F)c2)cc1.Cc1ccc(C)cc1. The van der Waals surface area contributed by atoms with E-state index in [-0.39, 0.29) is 5.82 Å². The molecule has 0 atom stereocenters. The quantitative estimate of drug-likeness (QED) is 0.508. The average Bonchev–Trinajstić information content (AvgIpc) is 2.52. The number of benzene rings is 3. The van der Waals surface area contributed by atoms with Crippen LogP contribution in [-0.4, -0.2) is 0 Å². The number of aryl methyl sites for hydroxylation is 3. The maximum absolute atomic E-state index is 12.9. The van der Waals surface area contributed by atoms with E-state index in [4.69, 9.17) is 0 Å². The maximum Gasteiger partial charge on any atom is 0.123 e. The molecule has 0 aliphatic carbocycles. The fourth-order valence-corrected chi connectivity index (χ4v) is 2.05. The van der Waals surface area contributed by atoms with E-state index in [1.54, 1.807) is 12.1 Å². The zero-order valence-corrected chi connectivity index (χ0v) is 13.3. The first-order chi connectivity index (χ1) is 10.5. The molecule has 0 saturated carbocycles. The topological polar surface area (TPSA) is 0 Å². The first-order valence-corrected chi connectivity index (χ1v) is 7.40. The summed E-state index contributed by atoms with van der Waals surface area (Å²) >= 11 is 0. The van der Waals surface area contributed by atoms with E-state index in [1.807, 2.05) is 37.3 Å². The summed E-state index contributed by atoms with van der Waals surface area (Å²) in [5, 5.41) is 0. The Kier molecular flexibility index (Phi) is 5.48. The first kappa shape index (κ1) is 16.0. The average molecular weight is 292 g/mol. The van der Waals surface area contributed by atoms with E-state index in [2.05, 4.69) is 38.1 Å². The van der Waals surface area contributed by atoms with Gasteiger partial charge in [-0.25, -0.2) is 4.39 Å². The van der Waals surface area contributed by atoms with Gasteiger partial charge in [0.05, 0.1) is 0 Å². The Morgan fingerprint density at radius 3 is 1.45 bits per heavy atom. The summed E-state index contributed by atoms with van der Waals surface area (Å²) < 4.78 is 12.9. The van der Waals surface area contributed by atoms with Crippen molar-refractivity contribution in [2.45, 2.75) is 20.8 Å². The van der Waals surface area contributed by atoms with Crippen LogP contribution in [0.15, 0.2) is 72.8 Å². The van der Waals surface area contributed by atoms with Crippen molar-refractivity contribution >= 4 is 0 Å². The Morgan fingerprint density at radius 1 is 0.545 bits per heavy atom. The minimum Gasteiger partial charge on any atom is -0.207 e. The Morgan fingerprint density at radius 2 is 1.00 bits per heavy atom. The molecule has 0 N–H and O–H groups in total. The van der Waals surface area contributed by atoms with Crippen molar-refractivity contribution in [1.82, 2.24) is 0 Å². The van der Waals surface area contributed by atoms with Gasteiger partial charge in [-0.1, -0.05) is 77.4 Å². The molecule has 0 bridgehead atoms. The molecule has 112 valence electrons. The summed E-state index contributed by atoms with van der Waals surface area (Å²) in [7, 11) is 0. The summed E-state index contributed by atoms with van der Waals surface area (Å²) in [5.41, 5.74) is 5.84. The first-order valence-electron chi connectivity index (χ1n) is 7.40. The highest BCUT2D eigenvalue weighted by atomic mass is 19.1. The molecule has 1 heteroatoms. The lowest BCUT2D eigenvalue weighted by atomic mass is 10.0. The van der Waals surface area contributed by atoms with Gasteiger partial charge in [0.1, 0.15) is 5.82 Å². The van der Waals surface area contributed by atoms with Gasteiger partial charge in [0.2, 0.25) is 0 Å². The number of hydrogen-bond acceptors (Lipinski definition) is 0. The highest BCUT2D eigenvalue weighted by Gasteiger charge is 1.97. The smallest absolute Gasteiger partial charge is 0.123 e. The third-order valence-corrected chi connectivity index (χ3v) is 3.43. The van der Waals surface area contributed by atoms with Gasteiger partial charge < -0.3 is 0 Å². The molecule has 0 aromatic heterocycles. The second kappa shape index (κ2) is 7.56. The summed E-state index contributed by atoms with van der Waals surface area (Å²) in [6.07, 6.45) is 0. The van der Waals surface area contributed by atoms with Crippen molar-refractivity contribution < 1.29 is 4.39 Å². The normalized spacial score (nSPS) is 9.82. The van der Waals surface area contributed by atoms with Crippen LogP contribution >= 0.6 is 0 Å². The van der Waals surface area contributed by atoms with Gasteiger partial charge in [-0.3, -0.25) is 0 Å². The van der Waals surface area contributed by atoms with E-state index in [0.29, 0.717) is 0 Å². The predicted molar refractivity (Wildman–Crippen MR) is 92.5 cm³/mol. The molecular formula is C21H21F. The van der Waals surface area contributed by atoms with Crippen molar-refractivity contribution in [3.05, 3.63) is 95.3 Å². The van der Waals surface area contributed by atoms with Crippen LogP contribution in [0.4, 0.5) is 4.39 Å². The lowest BCUT2D eigenvalue weighted by Crippen LogP contribution is -1.80. The zero-order valence-electron chi connectivity index (χ0n) is 13.3. The Labute approximate surface area is 132 Å². The van der Waals surface area contributed by atoms with Crippen molar-refractivity contribution in [2.75, 3.05) is 0 Å². The predicted octanol–water partition coefficient (Wildman–Crippen LogP) is 6.10. The van der Waals surface area contributed by atoms with Crippen molar-refractivity contribution in [2.24, 2.45) is 0 Å². The molecule has 0 aliphatic heterocycles. The molecule has 0 unspecified atom stereocenters. The lowest BCUT2D eigenvalue weighted by molar-refractivity contribution is 0.628. The largest absolute Gasteiger partial charge is 0.207 e. The third-order valence-electron chi connectivity index (χ3n) is 3.43. The van der Waals surface area contributed by atoms with E-state index in [1.165, 1.54) is 22.8 Å². The van der Waals surface area contributed by atoms with E-state index in [9.17, 15) is 4.39 Å². The second-order valence-electron chi connectivity index (χ2n) is 5.53. The van der Waals surface area contributed by atoms with Crippen molar-refractivity contribution in [1.29, 1.82) is 0 Å². The van der Waals surface area contributed by atoms with Gasteiger partial charge >= 0.3 is 0 Å². The van der Waals surface area contributed by atoms with Gasteiger partial charge in [0, 0.05) is 0 Å². The summed E-state index contributed by atoms with van der Waals surface area (Å²) in [6, 6.07) is 23.2. The highest BCUT2D eigenvalue weighted by molar-refractivity contribution is 5.63. The van der Waals surface area contributed by atoms with Gasteiger partial charge in [0.15, 0.2) is 0 Å². The number of rotatable bonds is 1. The van der Waals surface area contributed by atoms with Crippen LogP contribution < -0.4 is 0 Å². The van der Waals surface area contributed by atoms with E-state index >= 15 is 0 Å². The molecule has 3 aromatic rings. The van der Waals surface area contributed by atoms with Gasteiger partial charge in [-0.2, -0.15) is 0 Å². The minimum atomic E-state index is -0.192. The molecule has 0 nitrogen and oxygen atoms in total. The molecule has 0 heterocycles. The maximum atomic E-state index is 12.9. The second-order valence-corrected chi connectivity index (χ2v) is 5.53. The number of hydrogen-bond donors (Lipinski definition) is 0. The molecule has 0 radical (unpaired) electrons. The third kappa shape index (κ3) is 4.85. The zero-order chi connectivity index (χ0) is 15.9. The van der Waals surface area contributed by atoms with Crippen LogP contribution in [0.1, 0.15) is 16.7 Å². The summed E-state index contributed by atoms with van der Waals surface area (Å²) in [4.78, 5) is 0. The van der Waals surface area contributed by atoms with Crippen LogP contribution in [0.2, 0.25) is 0 Å². The van der Waals surface area contributed by atoms with Crippen molar-refractivity contribution in [3.8, 4) is 11.1 Å². The van der Waals surface area contributed by atoms with E-state index in [0.717, 1.165) is 11.1 Å². The number of halogens is 1. The standard InChI is InChI=1S/C13H11F.C8H10/c1-10-5-7-11(8-6-10)12-3-2-4-13(14)9-12;1-7-3-5-8(2)6-4-7/h2-9H,1H3;3-6H,1-2H3. The molecule has 0 amide bonds. The fourth-order valence-electron chi connectivity index (χ4n) is 2.05. The Balaban J connectivity index is 0.000000188. The van der Waals surface area contributed by atoms with Crippen LogP contribution in [0.5, 0.6) is 0 Å². The van der Waals surface area contributed by atoms with Crippen LogP contribution in [-0.2, 0) is 0 Å². The summed E-state index contributed by atoms with van der Waals surface area (Å²) in [6.45, 7) is 6.23. The van der Waals surface area contributed by atoms with Gasteiger partial charge in [0.25, 0.3) is 0 Å². The molecule has 0 aliphatic rings. The molecule has 0 spiro atoms. The van der Waals surface area contributed by atoms with Crippen LogP contribution in [0.3, 0.4) is 0 Å². The molecule has 3 rings (SSSR count). The molecule has 22 heavy (non-hydrogen) atoms. The summed E-state index contributed by atoms with van der Waals surface area (Å²) in [5.74, 6) is -0.192. The molecule has 0 saturated heterocycles. The lowest BCUT2D eigenvalue weighted by Gasteiger charge is -2.01. The van der Waals surface area contributed by atoms with Gasteiger partial charge in [-0.05, 0) is 44.0 Å². The Hall–Kier alpha value is -2.41. The monoisotopic (exact) mass is 292 g/mol. The van der Waals surface area contributed by atoms with E-state index < -0.39 is 0 Å². The minimum absolute atomic E-state index is 0.192. The fraction of sp³-hybridized carbons (Fsp3) is 0.143. The molecule has 3 aromatic carbocycles. The van der Waals surface area contributed by atoms with Crippen molar-refractivity contribution in [3.63, 3.8) is 0 Å². The highest BCUT2D eigenvalue weighted by Crippen LogP contribution is 2.20. The van der Waals surface area contributed by atoms with Crippen LogP contribution in [0, 0.1) is 26.6 Å². The van der Waals surface area contributed by atoms with Gasteiger partial charge in [-0.15, -0.1) is 0 Å². The molecule has 0 fully saturated rings.